The van der Waals surface area contributed by atoms with Crippen LogP contribution in [-0.2, 0) is 4.79 Å². The number of aromatic nitrogens is 5. The van der Waals surface area contributed by atoms with Crippen LogP contribution in [0, 0.1) is 6.92 Å². The minimum absolute atomic E-state index is 0.199. The molecule has 0 fully saturated rings. The number of imidazole rings is 1. The number of nitrogen functional groups attached to an aromatic ring is 1. The van der Waals surface area contributed by atoms with Gasteiger partial charge in [-0.25, -0.2) is 9.67 Å². The average molecular weight is 459 g/mol. The predicted molar refractivity (Wildman–Crippen MR) is 128 cm³/mol. The van der Waals surface area contributed by atoms with E-state index in [2.05, 4.69) is 25.4 Å². The summed E-state index contributed by atoms with van der Waals surface area (Å²) in [6.45, 7) is 1.62. The number of para-hydroxylation sites is 1. The summed E-state index contributed by atoms with van der Waals surface area (Å²) in [6.07, 6.45) is 3.11. The number of nitrogens with one attached hydrogen (secondary N) is 3. The van der Waals surface area contributed by atoms with Crippen LogP contribution in [0.2, 0.25) is 0 Å². The van der Waals surface area contributed by atoms with Gasteiger partial charge < -0.3 is 25.2 Å². The Morgan fingerprint density at radius 3 is 2.79 bits per heavy atom. The van der Waals surface area contributed by atoms with Crippen LogP contribution in [0.1, 0.15) is 5.56 Å². The van der Waals surface area contributed by atoms with Gasteiger partial charge in [-0.2, -0.15) is 5.10 Å². The van der Waals surface area contributed by atoms with Gasteiger partial charge >= 0.3 is 0 Å². The number of methoxy groups -OCH3 is 1. The number of fused-ring (bicyclic) bond motifs is 3. The van der Waals surface area contributed by atoms with Crippen LogP contribution < -0.4 is 26.1 Å². The molecule has 0 saturated carbocycles. The summed E-state index contributed by atoms with van der Waals surface area (Å²) in [5.74, 6) is 0.830. The molecule has 11 nitrogen and oxygen atoms in total. The lowest BCUT2D eigenvalue weighted by atomic mass is 10.1. The molecular weight excluding hydrogens is 438 g/mol. The summed E-state index contributed by atoms with van der Waals surface area (Å²) in [6, 6.07) is 10.9. The van der Waals surface area contributed by atoms with E-state index < -0.39 is 11.5 Å². The van der Waals surface area contributed by atoms with E-state index in [1.807, 2.05) is 31.2 Å². The van der Waals surface area contributed by atoms with E-state index in [0.717, 1.165) is 11.3 Å². The number of benzene rings is 2. The fourth-order valence-corrected chi connectivity index (χ4v) is 3.81. The largest absolute Gasteiger partial charge is 0.497 e. The highest BCUT2D eigenvalue weighted by Gasteiger charge is 2.21. The average Bonchev–Trinajstić information content (AvgIpc) is 3.45. The van der Waals surface area contributed by atoms with Crippen molar-refractivity contribution in [3.8, 4) is 17.2 Å². The Labute approximate surface area is 192 Å². The number of hydrogen-bond acceptors (Lipinski definition) is 7. The number of carbonyl (C=O) groups excluding carboxylic acids is 1. The number of pyridine rings is 1. The molecule has 0 aliphatic rings. The van der Waals surface area contributed by atoms with Crippen molar-refractivity contribution in [2.45, 2.75) is 6.92 Å². The maximum atomic E-state index is 13.0. The zero-order valence-corrected chi connectivity index (χ0v) is 18.4. The number of H-pyrrole nitrogens is 2. The molecule has 11 heteroatoms. The normalized spacial score (nSPS) is 11.1. The molecule has 0 saturated heterocycles. The quantitative estimate of drug-likeness (QED) is 0.304. The highest BCUT2D eigenvalue weighted by Crippen LogP contribution is 2.36. The summed E-state index contributed by atoms with van der Waals surface area (Å²) in [4.78, 5) is 34.9. The van der Waals surface area contributed by atoms with E-state index >= 15 is 0 Å². The number of hydrogen-bond donors (Lipinski definition) is 4. The molecule has 3 heterocycles. The van der Waals surface area contributed by atoms with Gasteiger partial charge in [0.1, 0.15) is 28.2 Å². The molecule has 3 aromatic heterocycles. The molecule has 0 atom stereocenters. The predicted octanol–water partition coefficient (Wildman–Crippen LogP) is 2.51. The fraction of sp³-hybridized carbons (Fsp3) is 0.130. The number of carbonyl (C=O) groups is 1. The van der Waals surface area contributed by atoms with Crippen LogP contribution in [0.15, 0.2) is 53.6 Å². The maximum absolute atomic E-state index is 13.0. The van der Waals surface area contributed by atoms with E-state index in [4.69, 9.17) is 15.2 Å². The molecule has 0 spiro atoms. The van der Waals surface area contributed by atoms with Crippen molar-refractivity contribution in [1.29, 1.82) is 0 Å². The van der Waals surface area contributed by atoms with Crippen LogP contribution in [-0.4, -0.2) is 44.4 Å². The molecule has 5 N–H and O–H groups in total. The van der Waals surface area contributed by atoms with Crippen molar-refractivity contribution < 1.29 is 14.3 Å². The molecule has 1 amide bonds. The lowest BCUT2D eigenvalue weighted by Gasteiger charge is -2.11. The summed E-state index contributed by atoms with van der Waals surface area (Å²) >= 11 is 0. The molecule has 0 radical (unpaired) electrons. The first-order valence-electron chi connectivity index (χ1n) is 10.4. The molecular formula is C23H21N7O4. The number of amides is 1. The van der Waals surface area contributed by atoms with E-state index in [-0.39, 0.29) is 17.8 Å². The van der Waals surface area contributed by atoms with Crippen molar-refractivity contribution in [3.05, 3.63) is 64.7 Å². The number of aromatic amines is 2. The van der Waals surface area contributed by atoms with Gasteiger partial charge in [0.2, 0.25) is 5.95 Å². The number of aryl methyl sites for hydroxylation is 1. The Morgan fingerprint density at radius 2 is 2.06 bits per heavy atom. The van der Waals surface area contributed by atoms with Crippen molar-refractivity contribution in [3.63, 3.8) is 0 Å². The monoisotopic (exact) mass is 459 g/mol. The molecule has 0 aliphatic heterocycles. The number of anilines is 2. The van der Waals surface area contributed by atoms with Crippen molar-refractivity contribution in [2.24, 2.45) is 0 Å². The van der Waals surface area contributed by atoms with Gasteiger partial charge in [0.25, 0.3) is 11.5 Å². The van der Waals surface area contributed by atoms with Crippen LogP contribution in [0.25, 0.3) is 27.5 Å². The summed E-state index contributed by atoms with van der Waals surface area (Å²) in [5.41, 5.74) is 8.46. The van der Waals surface area contributed by atoms with Crippen LogP contribution in [0.3, 0.4) is 0 Å². The highest BCUT2D eigenvalue weighted by molar-refractivity contribution is 6.10. The van der Waals surface area contributed by atoms with Crippen molar-refractivity contribution >= 4 is 39.5 Å². The lowest BCUT2D eigenvalue weighted by molar-refractivity contribution is -0.118. The summed E-state index contributed by atoms with van der Waals surface area (Å²) in [5, 5.41) is 8.00. The highest BCUT2D eigenvalue weighted by atomic mass is 16.5. The first kappa shape index (κ1) is 21.1. The van der Waals surface area contributed by atoms with Gasteiger partial charge in [-0.05, 0) is 18.6 Å². The topological polar surface area (TPSA) is 153 Å². The van der Waals surface area contributed by atoms with Gasteiger partial charge in [-0.1, -0.05) is 18.2 Å². The number of rotatable bonds is 6. The van der Waals surface area contributed by atoms with Gasteiger partial charge in [-0.15, -0.1) is 0 Å². The Balaban J connectivity index is 1.65. The summed E-state index contributed by atoms with van der Waals surface area (Å²) < 4.78 is 12.7. The minimum atomic E-state index is -0.420. The second-order valence-corrected chi connectivity index (χ2v) is 7.58. The third-order valence-electron chi connectivity index (χ3n) is 5.40. The van der Waals surface area contributed by atoms with E-state index in [9.17, 15) is 9.59 Å². The van der Waals surface area contributed by atoms with Crippen molar-refractivity contribution in [2.75, 3.05) is 24.8 Å². The molecule has 0 unspecified atom stereocenters. The third kappa shape index (κ3) is 3.58. The van der Waals surface area contributed by atoms with Gasteiger partial charge in [0.15, 0.2) is 6.61 Å². The molecule has 0 bridgehead atoms. The number of ether oxygens (including phenoxy) is 2. The Morgan fingerprint density at radius 1 is 1.24 bits per heavy atom. The molecule has 5 aromatic rings. The van der Waals surface area contributed by atoms with E-state index in [0.29, 0.717) is 33.9 Å². The minimum Gasteiger partial charge on any atom is -0.497 e. The lowest BCUT2D eigenvalue weighted by Crippen LogP contribution is -2.21. The molecule has 5 rings (SSSR count). The maximum Gasteiger partial charge on any atom is 0.264 e. The summed E-state index contributed by atoms with van der Waals surface area (Å²) in [7, 11) is 1.50. The van der Waals surface area contributed by atoms with Crippen molar-refractivity contribution in [1.82, 2.24) is 24.7 Å². The smallest absolute Gasteiger partial charge is 0.264 e. The van der Waals surface area contributed by atoms with Gasteiger partial charge in [0, 0.05) is 24.5 Å². The Bertz CT molecular complexity index is 1590. The zero-order valence-electron chi connectivity index (χ0n) is 18.4. The molecule has 34 heavy (non-hydrogen) atoms. The second-order valence-electron chi connectivity index (χ2n) is 7.58. The van der Waals surface area contributed by atoms with Crippen LogP contribution in [0.4, 0.5) is 11.8 Å². The SMILES string of the molecule is COc1cc(OCC(=O)Nc2ncc[nH]2)c2c(c1)[nH]c(=O)c1c(N)n(-c3ccccc3C)nc12. The zero-order chi connectivity index (χ0) is 23.8. The number of nitrogens with zero attached hydrogens (tertiary/aromatic N) is 3. The Hall–Kier alpha value is -4.80. The van der Waals surface area contributed by atoms with E-state index in [1.165, 1.54) is 18.0 Å². The van der Waals surface area contributed by atoms with E-state index in [1.54, 1.807) is 18.3 Å². The first-order chi connectivity index (χ1) is 16.5. The third-order valence-corrected chi connectivity index (χ3v) is 5.40. The number of nitrogens with two attached hydrogens (primary N) is 1. The van der Waals surface area contributed by atoms with Gasteiger partial charge in [-0.3, -0.25) is 14.9 Å². The van der Waals surface area contributed by atoms with Crippen LogP contribution in [0.5, 0.6) is 11.5 Å². The molecule has 0 aliphatic carbocycles. The first-order valence-corrected chi connectivity index (χ1v) is 10.4. The molecule has 172 valence electrons. The van der Waals surface area contributed by atoms with Gasteiger partial charge in [0.05, 0.1) is 23.7 Å². The second kappa shape index (κ2) is 8.28. The van der Waals surface area contributed by atoms with Crippen LogP contribution >= 0.6 is 0 Å². The molecule has 2 aromatic carbocycles. The fourth-order valence-electron chi connectivity index (χ4n) is 3.81. The standard InChI is InChI=1S/C23H21N7O4/c1-12-5-3-4-6-15(12)30-21(24)19-20(29-30)18-14(27-22(19)32)9-13(33-2)10-16(18)34-11-17(31)28-23-25-7-8-26-23/h3-10H,11,24H2,1-2H3,(H,27,32)(H2,25,26,28,31). The Kier molecular flexibility index (Phi) is 5.13.